The molecule has 0 aliphatic carbocycles. The second-order valence-corrected chi connectivity index (χ2v) is 8.67. The third-order valence-corrected chi connectivity index (χ3v) is 6.26. The molecule has 0 spiro atoms. The number of carbonyl (C=O) groups is 3. The Balaban J connectivity index is 1.40. The molecule has 174 valence electrons. The summed E-state index contributed by atoms with van der Waals surface area (Å²) in [5.74, 6) is -0.385. The zero-order valence-electron chi connectivity index (χ0n) is 18.4. The number of benzene rings is 2. The Bertz CT molecular complexity index is 1290. The van der Waals surface area contributed by atoms with Crippen molar-refractivity contribution < 1.29 is 19.1 Å². The van der Waals surface area contributed by atoms with E-state index in [0.29, 0.717) is 31.3 Å². The number of nitrogens with zero attached hydrogens (tertiary/aromatic N) is 3. The van der Waals surface area contributed by atoms with Gasteiger partial charge in [-0.25, -0.2) is 4.79 Å². The molecule has 3 aromatic rings. The molecule has 2 saturated heterocycles. The summed E-state index contributed by atoms with van der Waals surface area (Å²) in [6, 6.07) is 14.2. The number of hydrogen-bond acceptors (Lipinski definition) is 4. The molecule has 4 amide bonds. The predicted octanol–water partition coefficient (Wildman–Crippen LogP) is 3.25. The van der Waals surface area contributed by atoms with Crippen molar-refractivity contribution >= 4 is 46.4 Å². The summed E-state index contributed by atoms with van der Waals surface area (Å²) in [4.78, 5) is 41.3. The Morgan fingerprint density at radius 2 is 1.79 bits per heavy atom. The highest BCUT2D eigenvalue weighted by Crippen LogP contribution is 2.25. The summed E-state index contributed by atoms with van der Waals surface area (Å²) in [6.45, 7) is 2.59. The van der Waals surface area contributed by atoms with Crippen molar-refractivity contribution in [2.45, 2.75) is 13.1 Å². The fourth-order valence-electron chi connectivity index (χ4n) is 4.22. The summed E-state index contributed by atoms with van der Waals surface area (Å²) in [7, 11) is 0. The smallest absolute Gasteiger partial charge is 0.329 e. The van der Waals surface area contributed by atoms with Crippen LogP contribution in [0.4, 0.5) is 4.79 Å². The van der Waals surface area contributed by atoms with Crippen molar-refractivity contribution in [3.8, 4) is 0 Å². The van der Waals surface area contributed by atoms with E-state index < -0.39 is 11.9 Å². The molecule has 1 aromatic heterocycles. The number of fused-ring (bicyclic) bond motifs is 1. The van der Waals surface area contributed by atoms with Crippen LogP contribution in [0.25, 0.3) is 17.0 Å². The number of ether oxygens (including phenoxy) is 1. The first kappa shape index (κ1) is 22.2. The van der Waals surface area contributed by atoms with E-state index in [0.717, 1.165) is 26.9 Å². The number of para-hydroxylation sites is 1. The van der Waals surface area contributed by atoms with Gasteiger partial charge in [-0.2, -0.15) is 0 Å². The highest BCUT2D eigenvalue weighted by Gasteiger charge is 2.33. The van der Waals surface area contributed by atoms with E-state index in [1.807, 2.05) is 35.0 Å². The first-order chi connectivity index (χ1) is 16.5. The number of halogens is 1. The lowest BCUT2D eigenvalue weighted by Gasteiger charge is -2.27. The number of amides is 4. The first-order valence-corrected chi connectivity index (χ1v) is 11.4. The summed E-state index contributed by atoms with van der Waals surface area (Å²) in [5.41, 5.74) is 2.63. The molecule has 3 heterocycles. The average molecular weight is 479 g/mol. The molecule has 5 rings (SSSR count). The van der Waals surface area contributed by atoms with E-state index in [9.17, 15) is 14.4 Å². The predicted molar refractivity (Wildman–Crippen MR) is 128 cm³/mol. The summed E-state index contributed by atoms with van der Waals surface area (Å²) in [5, 5.41) is 4.15. The van der Waals surface area contributed by atoms with E-state index in [1.165, 1.54) is 0 Å². The Morgan fingerprint density at radius 1 is 1.06 bits per heavy atom. The summed E-state index contributed by atoms with van der Waals surface area (Å²) >= 11 is 5.92. The van der Waals surface area contributed by atoms with Gasteiger partial charge in [0.05, 0.1) is 19.8 Å². The van der Waals surface area contributed by atoms with Gasteiger partial charge in [0.1, 0.15) is 12.2 Å². The van der Waals surface area contributed by atoms with Gasteiger partial charge in [0.2, 0.25) is 5.91 Å². The van der Waals surface area contributed by atoms with E-state index in [1.54, 1.807) is 35.2 Å². The van der Waals surface area contributed by atoms with Gasteiger partial charge in [-0.3, -0.25) is 14.5 Å². The first-order valence-electron chi connectivity index (χ1n) is 11.0. The number of hydrogen-bond donors (Lipinski definition) is 1. The second kappa shape index (κ2) is 9.32. The van der Waals surface area contributed by atoms with Gasteiger partial charge < -0.3 is 19.5 Å². The van der Waals surface area contributed by atoms with Crippen molar-refractivity contribution in [1.29, 1.82) is 0 Å². The van der Waals surface area contributed by atoms with Crippen LogP contribution in [0.2, 0.25) is 5.02 Å². The molecule has 2 fully saturated rings. The van der Waals surface area contributed by atoms with E-state index in [-0.39, 0.29) is 24.7 Å². The standard InChI is InChI=1S/C25H23ClN4O4/c26-19-7-5-17(6-8-19)14-30-24(32)21(27-25(30)33)13-18-15-29(22-4-2-1-3-20(18)22)16-23(31)28-9-11-34-12-10-28/h1-8,13,15H,9-12,14,16H2,(H,27,33). The molecule has 2 aliphatic heterocycles. The van der Waals surface area contributed by atoms with Crippen molar-refractivity contribution in [2.75, 3.05) is 26.3 Å². The van der Waals surface area contributed by atoms with Gasteiger partial charge in [-0.05, 0) is 29.8 Å². The topological polar surface area (TPSA) is 83.9 Å². The molecule has 34 heavy (non-hydrogen) atoms. The molecule has 0 bridgehead atoms. The fraction of sp³-hybridized carbons (Fsp3) is 0.240. The van der Waals surface area contributed by atoms with Crippen molar-refractivity contribution in [3.63, 3.8) is 0 Å². The highest BCUT2D eigenvalue weighted by molar-refractivity contribution is 6.30. The Kier molecular flexibility index (Phi) is 6.08. The number of nitrogens with one attached hydrogen (secondary N) is 1. The molecule has 8 nitrogen and oxygen atoms in total. The SMILES string of the molecule is O=C(Cn1cc(C=C2NC(=O)N(Cc3ccc(Cl)cc3)C2=O)c2ccccc21)N1CCOCC1. The van der Waals surface area contributed by atoms with Gasteiger partial charge in [0, 0.05) is 40.8 Å². The van der Waals surface area contributed by atoms with Gasteiger partial charge in [0.25, 0.3) is 5.91 Å². The van der Waals surface area contributed by atoms with Crippen LogP contribution in [0.15, 0.2) is 60.4 Å². The number of aromatic nitrogens is 1. The van der Waals surface area contributed by atoms with Crippen molar-refractivity contribution in [2.24, 2.45) is 0 Å². The van der Waals surface area contributed by atoms with Gasteiger partial charge in [-0.15, -0.1) is 0 Å². The van der Waals surface area contributed by atoms with Crippen molar-refractivity contribution in [3.05, 3.63) is 76.6 Å². The molecule has 9 heteroatoms. The second-order valence-electron chi connectivity index (χ2n) is 8.23. The third-order valence-electron chi connectivity index (χ3n) is 6.00. The lowest BCUT2D eigenvalue weighted by atomic mass is 10.1. The maximum Gasteiger partial charge on any atom is 0.329 e. The Morgan fingerprint density at radius 3 is 2.56 bits per heavy atom. The molecule has 0 saturated carbocycles. The van der Waals surface area contributed by atoms with Crippen LogP contribution in [0, 0.1) is 0 Å². The lowest BCUT2D eigenvalue weighted by molar-refractivity contribution is -0.135. The van der Waals surface area contributed by atoms with Crippen LogP contribution in [-0.2, 0) is 27.4 Å². The minimum Gasteiger partial charge on any atom is -0.378 e. The molecular formula is C25H23ClN4O4. The minimum absolute atomic E-state index is 0.0163. The van der Waals surface area contributed by atoms with Gasteiger partial charge in [-0.1, -0.05) is 41.9 Å². The highest BCUT2D eigenvalue weighted by atomic mass is 35.5. The largest absolute Gasteiger partial charge is 0.378 e. The summed E-state index contributed by atoms with van der Waals surface area (Å²) in [6.07, 6.45) is 3.51. The maximum atomic E-state index is 13.0. The van der Waals surface area contributed by atoms with Crippen LogP contribution in [0.3, 0.4) is 0 Å². The fourth-order valence-corrected chi connectivity index (χ4v) is 4.35. The van der Waals surface area contributed by atoms with Gasteiger partial charge >= 0.3 is 6.03 Å². The van der Waals surface area contributed by atoms with Crippen molar-refractivity contribution in [1.82, 2.24) is 19.7 Å². The molecule has 1 N–H and O–H groups in total. The minimum atomic E-state index is -0.475. The summed E-state index contributed by atoms with van der Waals surface area (Å²) < 4.78 is 7.22. The monoisotopic (exact) mass is 478 g/mol. The number of urea groups is 1. The number of morpholine rings is 1. The normalized spacial score (nSPS) is 17.6. The van der Waals surface area contributed by atoms with Gasteiger partial charge in [0.15, 0.2) is 0 Å². The quantitative estimate of drug-likeness (QED) is 0.450. The average Bonchev–Trinajstić information content (AvgIpc) is 3.33. The molecule has 2 aromatic carbocycles. The Hall–Kier alpha value is -3.62. The molecule has 0 unspecified atom stereocenters. The molecular weight excluding hydrogens is 456 g/mol. The molecule has 0 atom stereocenters. The number of carbonyl (C=O) groups excluding carboxylic acids is 3. The third kappa shape index (κ3) is 4.42. The molecule has 2 aliphatic rings. The zero-order chi connectivity index (χ0) is 23.7. The molecule has 0 radical (unpaired) electrons. The Labute approximate surface area is 201 Å². The van der Waals surface area contributed by atoms with E-state index in [4.69, 9.17) is 16.3 Å². The number of imide groups is 1. The van der Waals surface area contributed by atoms with Crippen LogP contribution in [0.1, 0.15) is 11.1 Å². The van der Waals surface area contributed by atoms with Crippen LogP contribution in [0.5, 0.6) is 0 Å². The van der Waals surface area contributed by atoms with Crippen LogP contribution >= 0.6 is 11.6 Å². The van der Waals surface area contributed by atoms with E-state index >= 15 is 0 Å². The number of rotatable bonds is 5. The van der Waals surface area contributed by atoms with E-state index in [2.05, 4.69) is 5.32 Å². The zero-order valence-corrected chi connectivity index (χ0v) is 19.1. The maximum absolute atomic E-state index is 13.0. The van der Waals surface area contributed by atoms with Crippen LogP contribution < -0.4 is 5.32 Å². The lowest BCUT2D eigenvalue weighted by Crippen LogP contribution is -2.42. The van der Waals surface area contributed by atoms with Crippen LogP contribution in [-0.4, -0.2) is 58.5 Å².